The van der Waals surface area contributed by atoms with Crippen molar-refractivity contribution in [3.63, 3.8) is 0 Å². The molecular formula is C11H17ClN4S. The van der Waals surface area contributed by atoms with Gasteiger partial charge in [0, 0.05) is 24.1 Å². The van der Waals surface area contributed by atoms with Gasteiger partial charge in [-0.05, 0) is 5.92 Å². The van der Waals surface area contributed by atoms with E-state index in [0.29, 0.717) is 22.0 Å². The number of thioether (sulfide) groups is 1. The van der Waals surface area contributed by atoms with Crippen molar-refractivity contribution >= 4 is 35.0 Å². The fourth-order valence-electron chi connectivity index (χ4n) is 1.87. The van der Waals surface area contributed by atoms with E-state index in [9.17, 15) is 0 Å². The van der Waals surface area contributed by atoms with Gasteiger partial charge in [0.05, 0.1) is 0 Å². The smallest absolute Gasteiger partial charge is 0.153 e. The Morgan fingerprint density at radius 1 is 1.53 bits per heavy atom. The zero-order chi connectivity index (χ0) is 12.4. The largest absolute Gasteiger partial charge is 0.382 e. The van der Waals surface area contributed by atoms with Gasteiger partial charge >= 0.3 is 0 Å². The zero-order valence-corrected chi connectivity index (χ0v) is 11.6. The highest BCUT2D eigenvalue weighted by Crippen LogP contribution is 2.32. The van der Waals surface area contributed by atoms with E-state index in [4.69, 9.17) is 17.3 Å². The van der Waals surface area contributed by atoms with E-state index in [2.05, 4.69) is 28.7 Å². The van der Waals surface area contributed by atoms with Crippen LogP contribution in [0.15, 0.2) is 6.33 Å². The Morgan fingerprint density at radius 3 is 3.00 bits per heavy atom. The number of hydrogen-bond acceptors (Lipinski definition) is 5. The molecule has 1 aliphatic rings. The Bertz CT molecular complexity index is 399. The number of nitrogen functional groups attached to an aromatic ring is 1. The summed E-state index contributed by atoms with van der Waals surface area (Å²) in [4.78, 5) is 10.4. The number of nitrogens with two attached hydrogens (primary N) is 1. The van der Waals surface area contributed by atoms with Crippen molar-refractivity contribution in [2.75, 3.05) is 29.5 Å². The maximum atomic E-state index is 6.16. The molecule has 6 heteroatoms. The van der Waals surface area contributed by atoms with E-state index in [-0.39, 0.29) is 0 Å². The van der Waals surface area contributed by atoms with Gasteiger partial charge in [0.1, 0.15) is 17.2 Å². The van der Waals surface area contributed by atoms with Crippen LogP contribution >= 0.6 is 23.4 Å². The summed E-state index contributed by atoms with van der Waals surface area (Å²) in [6.07, 6.45) is 1.47. The van der Waals surface area contributed by atoms with Crippen LogP contribution in [-0.2, 0) is 0 Å². The fraction of sp³-hybridized carbons (Fsp3) is 0.636. The van der Waals surface area contributed by atoms with Gasteiger partial charge in [0.2, 0.25) is 0 Å². The van der Waals surface area contributed by atoms with Crippen LogP contribution in [0, 0.1) is 5.92 Å². The molecule has 0 radical (unpaired) electrons. The van der Waals surface area contributed by atoms with Gasteiger partial charge in [-0.15, -0.1) is 0 Å². The van der Waals surface area contributed by atoms with E-state index in [1.165, 1.54) is 6.33 Å². The minimum atomic E-state index is 0.357. The van der Waals surface area contributed by atoms with Crippen LogP contribution in [0.3, 0.4) is 0 Å². The number of aromatic nitrogens is 2. The predicted octanol–water partition coefficient (Wildman–Crippen LogP) is 2.29. The van der Waals surface area contributed by atoms with Crippen molar-refractivity contribution < 1.29 is 0 Å². The molecule has 0 aliphatic carbocycles. The lowest BCUT2D eigenvalue weighted by molar-refractivity contribution is 0.580. The summed E-state index contributed by atoms with van der Waals surface area (Å²) in [5.41, 5.74) is 5.71. The average Bonchev–Trinajstić information content (AvgIpc) is 2.33. The summed E-state index contributed by atoms with van der Waals surface area (Å²) >= 11 is 8.18. The monoisotopic (exact) mass is 272 g/mol. The van der Waals surface area contributed by atoms with Crippen LogP contribution in [0.2, 0.25) is 5.02 Å². The van der Waals surface area contributed by atoms with Gasteiger partial charge in [-0.1, -0.05) is 25.4 Å². The van der Waals surface area contributed by atoms with Crippen LogP contribution in [0.5, 0.6) is 0 Å². The molecule has 2 rings (SSSR count). The molecule has 1 aliphatic heterocycles. The molecule has 1 saturated heterocycles. The summed E-state index contributed by atoms with van der Waals surface area (Å²) in [6, 6.07) is 0. The summed E-state index contributed by atoms with van der Waals surface area (Å²) in [7, 11) is 0. The normalized spacial score (nSPS) is 20.9. The average molecular weight is 273 g/mol. The SMILES string of the molecule is CC(C)[C@H]1CN(c2ncnc(N)c2Cl)CCS1. The maximum Gasteiger partial charge on any atom is 0.153 e. The molecule has 1 aromatic heterocycles. The fourth-order valence-corrected chi connectivity index (χ4v) is 3.38. The maximum absolute atomic E-state index is 6.16. The molecule has 1 atom stereocenters. The van der Waals surface area contributed by atoms with Gasteiger partial charge in [-0.3, -0.25) is 0 Å². The molecule has 1 aromatic rings. The third-order valence-electron chi connectivity index (χ3n) is 2.93. The van der Waals surface area contributed by atoms with Crippen LogP contribution in [-0.4, -0.2) is 34.1 Å². The molecule has 17 heavy (non-hydrogen) atoms. The molecule has 4 nitrogen and oxygen atoms in total. The number of halogens is 1. The zero-order valence-electron chi connectivity index (χ0n) is 10.1. The van der Waals surface area contributed by atoms with Crippen molar-refractivity contribution in [3.05, 3.63) is 11.3 Å². The number of rotatable bonds is 2. The second kappa shape index (κ2) is 5.31. The summed E-state index contributed by atoms with van der Waals surface area (Å²) in [5, 5.41) is 1.10. The number of nitrogens with zero attached hydrogens (tertiary/aromatic N) is 3. The first-order valence-corrected chi connectivity index (χ1v) is 7.14. The lowest BCUT2D eigenvalue weighted by Crippen LogP contribution is -2.40. The molecule has 0 spiro atoms. The first-order chi connectivity index (χ1) is 8.09. The quantitative estimate of drug-likeness (QED) is 0.895. The molecule has 0 aromatic carbocycles. The Balaban J connectivity index is 2.19. The third-order valence-corrected chi connectivity index (χ3v) is 4.84. The number of hydrogen-bond donors (Lipinski definition) is 1. The second-order valence-corrected chi connectivity index (χ2v) is 6.22. The molecule has 0 amide bonds. The highest BCUT2D eigenvalue weighted by Gasteiger charge is 2.25. The topological polar surface area (TPSA) is 55.0 Å². The highest BCUT2D eigenvalue weighted by atomic mass is 35.5. The van der Waals surface area contributed by atoms with E-state index in [1.54, 1.807) is 0 Å². The Labute approximate surface area is 111 Å². The van der Waals surface area contributed by atoms with E-state index < -0.39 is 0 Å². The van der Waals surface area contributed by atoms with Crippen molar-refractivity contribution in [1.29, 1.82) is 0 Å². The molecule has 0 bridgehead atoms. The lowest BCUT2D eigenvalue weighted by atomic mass is 10.1. The van der Waals surface area contributed by atoms with Crippen molar-refractivity contribution in [3.8, 4) is 0 Å². The van der Waals surface area contributed by atoms with E-state index in [0.717, 1.165) is 24.7 Å². The Morgan fingerprint density at radius 2 is 2.29 bits per heavy atom. The van der Waals surface area contributed by atoms with E-state index >= 15 is 0 Å². The van der Waals surface area contributed by atoms with Gasteiger partial charge < -0.3 is 10.6 Å². The van der Waals surface area contributed by atoms with E-state index in [1.807, 2.05) is 11.8 Å². The van der Waals surface area contributed by atoms with Crippen molar-refractivity contribution in [2.45, 2.75) is 19.1 Å². The molecular weight excluding hydrogens is 256 g/mol. The first kappa shape index (κ1) is 12.8. The van der Waals surface area contributed by atoms with Crippen LogP contribution in [0.4, 0.5) is 11.6 Å². The molecule has 2 heterocycles. The predicted molar refractivity (Wildman–Crippen MR) is 74.8 cm³/mol. The minimum absolute atomic E-state index is 0.357. The molecule has 0 saturated carbocycles. The summed E-state index contributed by atoms with van der Waals surface area (Å²) < 4.78 is 0. The first-order valence-electron chi connectivity index (χ1n) is 5.72. The standard InChI is InChI=1S/C11H17ClN4S/c1-7(2)8-5-16(3-4-17-8)11-9(12)10(13)14-6-15-11/h6-8H,3-5H2,1-2H3,(H2,13,14,15)/t8-/m1/s1. The molecule has 94 valence electrons. The van der Waals surface area contributed by atoms with Crippen LogP contribution < -0.4 is 10.6 Å². The Kier molecular flexibility index (Phi) is 3.99. The summed E-state index contributed by atoms with van der Waals surface area (Å²) in [5.74, 6) is 2.88. The summed E-state index contributed by atoms with van der Waals surface area (Å²) in [6.45, 7) is 6.43. The van der Waals surface area contributed by atoms with Crippen LogP contribution in [0.1, 0.15) is 13.8 Å². The van der Waals surface area contributed by atoms with Crippen molar-refractivity contribution in [1.82, 2.24) is 9.97 Å². The van der Waals surface area contributed by atoms with Gasteiger partial charge in [0.15, 0.2) is 5.82 Å². The lowest BCUT2D eigenvalue weighted by Gasteiger charge is -2.35. The van der Waals surface area contributed by atoms with Crippen molar-refractivity contribution in [2.24, 2.45) is 5.92 Å². The Hall–Kier alpha value is -0.680. The van der Waals surface area contributed by atoms with Crippen LogP contribution in [0.25, 0.3) is 0 Å². The van der Waals surface area contributed by atoms with Gasteiger partial charge in [-0.25, -0.2) is 9.97 Å². The molecule has 2 N–H and O–H groups in total. The third kappa shape index (κ3) is 2.77. The second-order valence-electron chi connectivity index (χ2n) is 4.50. The highest BCUT2D eigenvalue weighted by molar-refractivity contribution is 8.00. The van der Waals surface area contributed by atoms with Gasteiger partial charge in [-0.2, -0.15) is 11.8 Å². The molecule has 0 unspecified atom stereocenters. The molecule has 1 fully saturated rings. The van der Waals surface area contributed by atoms with Gasteiger partial charge in [0.25, 0.3) is 0 Å². The number of anilines is 2. The minimum Gasteiger partial charge on any atom is -0.382 e.